The lowest BCUT2D eigenvalue weighted by Gasteiger charge is -1.99. The van der Waals surface area contributed by atoms with Gasteiger partial charge in [0.15, 0.2) is 0 Å². The number of fused-ring (bicyclic) bond motifs is 1. The van der Waals surface area contributed by atoms with E-state index in [-0.39, 0.29) is 5.78 Å². The Bertz CT molecular complexity index is 638. The predicted molar refractivity (Wildman–Crippen MR) is 73.6 cm³/mol. The fraction of sp³-hybridized carbons (Fsp3) is 0.0625. The van der Waals surface area contributed by atoms with Crippen LogP contribution in [0.3, 0.4) is 0 Å². The molecule has 0 unspecified atom stereocenters. The quantitative estimate of drug-likeness (QED) is 0.764. The van der Waals surface area contributed by atoms with E-state index in [9.17, 15) is 4.79 Å². The zero-order valence-corrected chi connectivity index (χ0v) is 10.1. The highest BCUT2D eigenvalue weighted by Gasteiger charge is 2.23. The molecule has 0 bridgehead atoms. The van der Waals surface area contributed by atoms with Crippen LogP contribution in [-0.4, -0.2) is 5.78 Å². The van der Waals surface area contributed by atoms with Gasteiger partial charge in [-0.25, -0.2) is 0 Å². The number of hydrogen-bond donors (Lipinski definition) is 1. The van der Waals surface area contributed by atoms with Gasteiger partial charge >= 0.3 is 0 Å². The summed E-state index contributed by atoms with van der Waals surface area (Å²) in [6.07, 6.45) is 1.89. The molecule has 0 aromatic heterocycles. The molecule has 0 radical (unpaired) electrons. The molecular formula is C16H13NO. The van der Waals surface area contributed by atoms with Crippen molar-refractivity contribution in [1.29, 1.82) is 0 Å². The average Bonchev–Trinajstić information content (AvgIpc) is 2.70. The molecule has 88 valence electrons. The lowest BCUT2D eigenvalue weighted by atomic mass is 10.1. The standard InChI is InChI=1S/C16H13NO/c1-11-6-8-12(9-7-11)10-15-16(18)13-4-2-3-5-14(13)17-15/h2-10,17H,1H3/b15-10+. The first kappa shape index (κ1) is 10.8. The summed E-state index contributed by atoms with van der Waals surface area (Å²) >= 11 is 0. The molecule has 1 heterocycles. The van der Waals surface area contributed by atoms with Crippen LogP contribution >= 0.6 is 0 Å². The number of para-hydroxylation sites is 1. The van der Waals surface area contributed by atoms with Gasteiger partial charge in [-0.15, -0.1) is 0 Å². The van der Waals surface area contributed by atoms with Crippen molar-refractivity contribution in [2.45, 2.75) is 6.92 Å². The molecular weight excluding hydrogens is 222 g/mol. The van der Waals surface area contributed by atoms with Gasteiger partial charge in [0.25, 0.3) is 0 Å². The van der Waals surface area contributed by atoms with E-state index in [1.54, 1.807) is 0 Å². The maximum absolute atomic E-state index is 12.1. The van der Waals surface area contributed by atoms with Crippen LogP contribution in [0, 0.1) is 6.92 Å². The monoisotopic (exact) mass is 235 g/mol. The number of Topliss-reactive ketones (excluding diaryl/α,β-unsaturated/α-hetero) is 1. The Labute approximate surface area is 106 Å². The van der Waals surface area contributed by atoms with Crippen molar-refractivity contribution in [1.82, 2.24) is 0 Å². The van der Waals surface area contributed by atoms with Crippen LogP contribution in [0.2, 0.25) is 0 Å². The maximum Gasteiger partial charge on any atom is 0.211 e. The number of ketones is 1. The van der Waals surface area contributed by atoms with Gasteiger partial charge < -0.3 is 5.32 Å². The van der Waals surface area contributed by atoms with E-state index in [0.29, 0.717) is 5.70 Å². The zero-order chi connectivity index (χ0) is 12.5. The number of hydrogen-bond acceptors (Lipinski definition) is 2. The second-order valence-corrected chi connectivity index (χ2v) is 4.47. The Kier molecular flexibility index (Phi) is 2.49. The topological polar surface area (TPSA) is 29.1 Å². The molecule has 0 atom stereocenters. The highest BCUT2D eigenvalue weighted by molar-refractivity contribution is 6.20. The summed E-state index contributed by atoms with van der Waals surface area (Å²) < 4.78 is 0. The number of nitrogens with one attached hydrogen (secondary N) is 1. The van der Waals surface area contributed by atoms with E-state index in [4.69, 9.17) is 0 Å². The summed E-state index contributed by atoms with van der Waals surface area (Å²) in [5.74, 6) is 0.0613. The SMILES string of the molecule is Cc1ccc(/C=C2/Nc3ccccc3C2=O)cc1. The highest BCUT2D eigenvalue weighted by atomic mass is 16.1. The second kappa shape index (κ2) is 4.15. The van der Waals surface area contributed by atoms with Crippen LogP contribution < -0.4 is 5.32 Å². The minimum Gasteiger partial charge on any atom is -0.352 e. The number of anilines is 1. The fourth-order valence-electron chi connectivity index (χ4n) is 2.07. The lowest BCUT2D eigenvalue weighted by Crippen LogP contribution is -1.99. The third kappa shape index (κ3) is 1.82. The molecule has 2 aromatic carbocycles. The minimum absolute atomic E-state index is 0.0613. The molecule has 0 saturated heterocycles. The number of benzene rings is 2. The highest BCUT2D eigenvalue weighted by Crippen LogP contribution is 2.28. The summed E-state index contributed by atoms with van der Waals surface area (Å²) in [5.41, 5.74) is 4.52. The Morgan fingerprint density at radius 3 is 2.44 bits per heavy atom. The lowest BCUT2D eigenvalue weighted by molar-refractivity contribution is 0.104. The van der Waals surface area contributed by atoms with Gasteiger partial charge in [0.1, 0.15) is 0 Å². The molecule has 18 heavy (non-hydrogen) atoms. The summed E-state index contributed by atoms with van der Waals surface area (Å²) in [6.45, 7) is 2.05. The fourth-order valence-corrected chi connectivity index (χ4v) is 2.07. The number of aryl methyl sites for hydroxylation is 1. The summed E-state index contributed by atoms with van der Waals surface area (Å²) in [7, 11) is 0. The molecule has 0 amide bonds. The molecule has 0 fully saturated rings. The third-order valence-corrected chi connectivity index (χ3v) is 3.07. The molecule has 1 aliphatic heterocycles. The number of rotatable bonds is 1. The van der Waals surface area contributed by atoms with Crippen molar-refractivity contribution in [2.75, 3.05) is 5.32 Å². The molecule has 0 saturated carbocycles. The van der Waals surface area contributed by atoms with E-state index in [2.05, 4.69) is 5.32 Å². The number of carbonyl (C=O) groups excluding carboxylic acids is 1. The smallest absolute Gasteiger partial charge is 0.211 e. The van der Waals surface area contributed by atoms with Crippen LogP contribution in [0.5, 0.6) is 0 Å². The van der Waals surface area contributed by atoms with E-state index in [0.717, 1.165) is 16.8 Å². The Hall–Kier alpha value is -2.35. The molecule has 2 aromatic rings. The van der Waals surface area contributed by atoms with Crippen molar-refractivity contribution in [3.8, 4) is 0 Å². The average molecular weight is 235 g/mol. The van der Waals surface area contributed by atoms with Crippen LogP contribution in [0.25, 0.3) is 6.08 Å². The van der Waals surface area contributed by atoms with Gasteiger partial charge in [-0.05, 0) is 30.7 Å². The Balaban J connectivity index is 1.97. The van der Waals surface area contributed by atoms with Crippen LogP contribution in [-0.2, 0) is 0 Å². The molecule has 2 nitrogen and oxygen atoms in total. The van der Waals surface area contributed by atoms with Crippen molar-refractivity contribution >= 4 is 17.5 Å². The first-order chi connectivity index (χ1) is 8.74. The van der Waals surface area contributed by atoms with Crippen molar-refractivity contribution in [2.24, 2.45) is 0 Å². The maximum atomic E-state index is 12.1. The van der Waals surface area contributed by atoms with Gasteiger partial charge in [0, 0.05) is 11.3 Å². The molecule has 1 aliphatic rings. The van der Waals surface area contributed by atoms with E-state index in [1.165, 1.54) is 5.56 Å². The molecule has 3 rings (SSSR count). The van der Waals surface area contributed by atoms with E-state index >= 15 is 0 Å². The Morgan fingerprint density at radius 1 is 1.00 bits per heavy atom. The van der Waals surface area contributed by atoms with E-state index in [1.807, 2.05) is 61.5 Å². The van der Waals surface area contributed by atoms with Gasteiger partial charge in [-0.1, -0.05) is 42.0 Å². The van der Waals surface area contributed by atoms with E-state index < -0.39 is 0 Å². The first-order valence-corrected chi connectivity index (χ1v) is 5.93. The molecule has 0 spiro atoms. The second-order valence-electron chi connectivity index (χ2n) is 4.47. The van der Waals surface area contributed by atoms with Crippen molar-refractivity contribution in [3.05, 3.63) is 70.9 Å². The number of carbonyl (C=O) groups is 1. The summed E-state index contributed by atoms with van der Waals surface area (Å²) in [4.78, 5) is 12.1. The van der Waals surface area contributed by atoms with Crippen LogP contribution in [0.1, 0.15) is 21.5 Å². The minimum atomic E-state index is 0.0613. The van der Waals surface area contributed by atoms with Crippen LogP contribution in [0.15, 0.2) is 54.2 Å². The summed E-state index contributed by atoms with van der Waals surface area (Å²) in [6, 6.07) is 15.7. The largest absolute Gasteiger partial charge is 0.352 e. The van der Waals surface area contributed by atoms with Crippen molar-refractivity contribution < 1.29 is 4.79 Å². The number of allylic oxidation sites excluding steroid dienone is 1. The zero-order valence-electron chi connectivity index (χ0n) is 10.1. The Morgan fingerprint density at radius 2 is 1.72 bits per heavy atom. The molecule has 0 aliphatic carbocycles. The van der Waals surface area contributed by atoms with Gasteiger partial charge in [-0.3, -0.25) is 4.79 Å². The first-order valence-electron chi connectivity index (χ1n) is 5.93. The van der Waals surface area contributed by atoms with Gasteiger partial charge in [0.05, 0.1) is 5.70 Å². The van der Waals surface area contributed by atoms with Crippen molar-refractivity contribution in [3.63, 3.8) is 0 Å². The third-order valence-electron chi connectivity index (χ3n) is 3.07. The normalized spacial score (nSPS) is 15.6. The summed E-state index contributed by atoms with van der Waals surface area (Å²) in [5, 5.41) is 3.16. The van der Waals surface area contributed by atoms with Gasteiger partial charge in [0.2, 0.25) is 5.78 Å². The molecule has 2 heteroatoms. The van der Waals surface area contributed by atoms with Crippen LogP contribution in [0.4, 0.5) is 5.69 Å². The van der Waals surface area contributed by atoms with Gasteiger partial charge in [-0.2, -0.15) is 0 Å². The molecule has 1 N–H and O–H groups in total. The predicted octanol–water partition coefficient (Wildman–Crippen LogP) is 3.64.